The summed E-state index contributed by atoms with van der Waals surface area (Å²) in [5.41, 5.74) is 2.75. The van der Waals surface area contributed by atoms with Gasteiger partial charge in [0.15, 0.2) is 5.13 Å². The van der Waals surface area contributed by atoms with E-state index in [1.54, 1.807) is 54.2 Å². The molecule has 10 heteroatoms. The van der Waals surface area contributed by atoms with Gasteiger partial charge in [-0.3, -0.25) is 14.4 Å². The molecule has 3 aromatic carbocycles. The van der Waals surface area contributed by atoms with Gasteiger partial charge in [0.05, 0.1) is 5.25 Å². The third-order valence-corrected chi connectivity index (χ3v) is 8.19. The number of aromatic nitrogens is 2. The molecule has 0 aliphatic carbocycles. The molecular formula is C31H27N5O3S2. The van der Waals surface area contributed by atoms with E-state index in [1.165, 1.54) is 23.1 Å². The number of hydrogen-bond acceptors (Lipinski definition) is 6. The van der Waals surface area contributed by atoms with Gasteiger partial charge < -0.3 is 20.9 Å². The number of aromatic amines is 1. The number of nitrogens with zero attached hydrogens (tertiary/aromatic N) is 1. The minimum atomic E-state index is -0.477. The zero-order valence-electron chi connectivity index (χ0n) is 22.1. The highest BCUT2D eigenvalue weighted by Crippen LogP contribution is 2.29. The van der Waals surface area contributed by atoms with Crippen LogP contribution < -0.4 is 16.0 Å². The molecule has 1 atom stereocenters. The number of para-hydroxylation sites is 1. The van der Waals surface area contributed by atoms with Gasteiger partial charge in [-0.05, 0) is 48.9 Å². The van der Waals surface area contributed by atoms with Gasteiger partial charge in [0.25, 0.3) is 11.8 Å². The molecule has 0 aliphatic heterocycles. The van der Waals surface area contributed by atoms with Gasteiger partial charge in [0, 0.05) is 50.4 Å². The van der Waals surface area contributed by atoms with Crippen molar-refractivity contribution < 1.29 is 14.4 Å². The Morgan fingerprint density at radius 3 is 2.59 bits per heavy atom. The van der Waals surface area contributed by atoms with Crippen molar-refractivity contribution in [2.24, 2.45) is 0 Å². The molecule has 0 fully saturated rings. The molecule has 41 heavy (non-hydrogen) atoms. The first-order valence-electron chi connectivity index (χ1n) is 12.9. The smallest absolute Gasteiger partial charge is 0.272 e. The van der Waals surface area contributed by atoms with Crippen LogP contribution in [0.3, 0.4) is 0 Å². The summed E-state index contributed by atoms with van der Waals surface area (Å²) in [5.74, 6) is -1.00. The number of carbonyl (C=O) groups is 3. The molecule has 5 aromatic rings. The molecule has 3 amide bonds. The van der Waals surface area contributed by atoms with Crippen LogP contribution in [0, 0.1) is 0 Å². The number of fused-ring (bicyclic) bond motifs is 1. The van der Waals surface area contributed by atoms with Crippen molar-refractivity contribution in [3.05, 3.63) is 113 Å². The minimum absolute atomic E-state index is 0.0934. The van der Waals surface area contributed by atoms with Crippen molar-refractivity contribution >= 4 is 68.6 Å². The SMILES string of the molecule is CCC(Sc1cccc(NC(=O)/C(=C/c2c[nH]c3ccccc23)NC(=O)c2ccccc2)c1)C(=O)Nc1nccs1. The first kappa shape index (κ1) is 27.9. The summed E-state index contributed by atoms with van der Waals surface area (Å²) in [4.78, 5) is 47.4. The molecule has 0 saturated heterocycles. The van der Waals surface area contributed by atoms with Gasteiger partial charge >= 0.3 is 0 Å². The van der Waals surface area contributed by atoms with Gasteiger partial charge in [-0.2, -0.15) is 0 Å². The molecule has 0 saturated carbocycles. The number of thiazole rings is 1. The maximum absolute atomic E-state index is 13.5. The molecule has 2 aromatic heterocycles. The summed E-state index contributed by atoms with van der Waals surface area (Å²) < 4.78 is 0. The highest BCUT2D eigenvalue weighted by molar-refractivity contribution is 8.00. The second-order valence-corrected chi connectivity index (χ2v) is 11.2. The lowest BCUT2D eigenvalue weighted by molar-refractivity contribution is -0.116. The van der Waals surface area contributed by atoms with Gasteiger partial charge in [-0.1, -0.05) is 49.4 Å². The van der Waals surface area contributed by atoms with Gasteiger partial charge in [0.1, 0.15) is 5.70 Å². The van der Waals surface area contributed by atoms with Crippen LogP contribution in [0.4, 0.5) is 10.8 Å². The Bertz CT molecular complexity index is 1700. The van der Waals surface area contributed by atoms with Gasteiger partial charge in [0.2, 0.25) is 5.91 Å². The Balaban J connectivity index is 1.36. The van der Waals surface area contributed by atoms with Crippen LogP contribution in [0.25, 0.3) is 17.0 Å². The number of benzene rings is 3. The predicted molar refractivity (Wildman–Crippen MR) is 166 cm³/mol. The maximum atomic E-state index is 13.5. The third-order valence-electron chi connectivity index (χ3n) is 6.15. The van der Waals surface area contributed by atoms with Gasteiger partial charge in [-0.25, -0.2) is 4.98 Å². The van der Waals surface area contributed by atoms with E-state index in [0.29, 0.717) is 22.8 Å². The Kier molecular flexibility index (Phi) is 8.92. The number of rotatable bonds is 10. The average Bonchev–Trinajstić information content (AvgIpc) is 3.66. The van der Waals surface area contributed by atoms with E-state index >= 15 is 0 Å². The average molecular weight is 582 g/mol. The van der Waals surface area contributed by atoms with E-state index < -0.39 is 11.8 Å². The molecule has 206 valence electrons. The van der Waals surface area contributed by atoms with Crippen molar-refractivity contribution in [1.82, 2.24) is 15.3 Å². The second-order valence-electron chi connectivity index (χ2n) is 8.99. The number of anilines is 2. The first-order valence-corrected chi connectivity index (χ1v) is 14.7. The quantitative estimate of drug-likeness (QED) is 0.110. The van der Waals surface area contributed by atoms with E-state index in [2.05, 4.69) is 25.9 Å². The molecular weight excluding hydrogens is 555 g/mol. The van der Waals surface area contributed by atoms with Crippen molar-refractivity contribution in [1.29, 1.82) is 0 Å². The molecule has 2 heterocycles. The van der Waals surface area contributed by atoms with E-state index in [0.717, 1.165) is 21.4 Å². The fourth-order valence-electron chi connectivity index (χ4n) is 4.11. The van der Waals surface area contributed by atoms with Crippen LogP contribution in [-0.2, 0) is 9.59 Å². The predicted octanol–water partition coefficient (Wildman–Crippen LogP) is 6.54. The molecule has 0 bridgehead atoms. The second kappa shape index (κ2) is 13.1. The number of thioether (sulfide) groups is 1. The van der Waals surface area contributed by atoms with Crippen LogP contribution in [0.2, 0.25) is 0 Å². The maximum Gasteiger partial charge on any atom is 0.272 e. The summed E-state index contributed by atoms with van der Waals surface area (Å²) >= 11 is 2.77. The van der Waals surface area contributed by atoms with Crippen LogP contribution in [-0.4, -0.2) is 32.9 Å². The number of amides is 3. The highest BCUT2D eigenvalue weighted by atomic mass is 32.2. The number of nitrogens with one attached hydrogen (secondary N) is 4. The summed E-state index contributed by atoms with van der Waals surface area (Å²) in [6.07, 6.45) is 5.71. The molecule has 0 spiro atoms. The van der Waals surface area contributed by atoms with E-state index in [-0.39, 0.29) is 16.9 Å². The zero-order valence-corrected chi connectivity index (χ0v) is 23.7. The van der Waals surface area contributed by atoms with Crippen LogP contribution in [0.15, 0.2) is 107 Å². The van der Waals surface area contributed by atoms with Crippen LogP contribution in [0.5, 0.6) is 0 Å². The lowest BCUT2D eigenvalue weighted by atomic mass is 10.1. The zero-order chi connectivity index (χ0) is 28.6. The Hall–Kier alpha value is -4.67. The summed E-state index contributed by atoms with van der Waals surface area (Å²) in [6, 6.07) is 23.7. The van der Waals surface area contributed by atoms with Crippen molar-refractivity contribution in [2.45, 2.75) is 23.5 Å². The van der Waals surface area contributed by atoms with Crippen molar-refractivity contribution in [3.8, 4) is 0 Å². The first-order chi connectivity index (χ1) is 20.0. The number of hydrogen-bond donors (Lipinski definition) is 4. The lowest BCUT2D eigenvalue weighted by Gasteiger charge is -2.15. The van der Waals surface area contributed by atoms with E-state index in [1.807, 2.05) is 55.5 Å². The topological polar surface area (TPSA) is 116 Å². The lowest BCUT2D eigenvalue weighted by Crippen LogP contribution is -2.30. The van der Waals surface area contributed by atoms with E-state index in [9.17, 15) is 14.4 Å². The molecule has 0 aliphatic rings. The fraction of sp³-hybridized carbons (Fsp3) is 0.0968. The molecule has 1 unspecified atom stereocenters. The normalized spacial score (nSPS) is 12.1. The number of H-pyrrole nitrogens is 1. The highest BCUT2D eigenvalue weighted by Gasteiger charge is 2.20. The molecule has 4 N–H and O–H groups in total. The summed E-state index contributed by atoms with van der Waals surface area (Å²) in [5, 5.41) is 11.5. The Labute approximate surface area is 245 Å². The largest absolute Gasteiger partial charge is 0.361 e. The van der Waals surface area contributed by atoms with E-state index in [4.69, 9.17) is 0 Å². The third kappa shape index (κ3) is 7.10. The standard InChI is InChI=1S/C31H27N5O3S2/c1-2-27(30(39)36-31-32-15-16-40-31)41-23-12-8-11-22(18-23)34-29(38)26(35-28(37)20-9-4-3-5-10-20)17-21-19-33-25-14-7-6-13-24(21)25/h3-19,27,33H,2H2,1H3,(H,34,38)(H,35,37)(H,32,36,39)/b26-17-. The summed E-state index contributed by atoms with van der Waals surface area (Å²) in [6.45, 7) is 1.95. The monoisotopic (exact) mass is 581 g/mol. The molecule has 8 nitrogen and oxygen atoms in total. The van der Waals surface area contributed by atoms with Gasteiger partial charge in [-0.15, -0.1) is 23.1 Å². The minimum Gasteiger partial charge on any atom is -0.361 e. The Morgan fingerprint density at radius 1 is 1.00 bits per heavy atom. The molecule has 5 rings (SSSR count). The Morgan fingerprint density at radius 2 is 1.80 bits per heavy atom. The number of carbonyl (C=O) groups excluding carboxylic acids is 3. The van der Waals surface area contributed by atoms with Crippen LogP contribution in [0.1, 0.15) is 29.3 Å². The van der Waals surface area contributed by atoms with Crippen molar-refractivity contribution in [2.75, 3.05) is 10.6 Å². The molecule has 0 radical (unpaired) electrons. The fourth-order valence-corrected chi connectivity index (χ4v) is 5.66. The van der Waals surface area contributed by atoms with Crippen LogP contribution >= 0.6 is 23.1 Å². The summed E-state index contributed by atoms with van der Waals surface area (Å²) in [7, 11) is 0. The van der Waals surface area contributed by atoms with Crippen molar-refractivity contribution in [3.63, 3.8) is 0 Å².